The Morgan fingerprint density at radius 1 is 0.944 bits per heavy atom. The van der Waals surface area contributed by atoms with E-state index in [1.807, 2.05) is 0 Å². The maximum atomic E-state index is 10.5. The third kappa shape index (κ3) is 1.69. The average molecular weight is 250 g/mol. The molecular formula is C17H30O. The molecule has 1 heteroatoms. The SMILES string of the molecule is C[C@H]1CCC[C@H]([C@@H]2C[C@H]3C[C@H]2[C@H](C)C3(C)C)[C@@H]1O. The second kappa shape index (κ2) is 4.23. The van der Waals surface area contributed by atoms with Crippen molar-refractivity contribution in [1.82, 2.24) is 0 Å². The zero-order valence-electron chi connectivity index (χ0n) is 12.5. The van der Waals surface area contributed by atoms with Crippen LogP contribution in [0.3, 0.4) is 0 Å². The van der Waals surface area contributed by atoms with E-state index in [-0.39, 0.29) is 6.10 Å². The smallest absolute Gasteiger partial charge is 0.0596 e. The Bertz CT molecular complexity index is 318. The molecule has 7 atom stereocenters. The molecule has 0 aromatic carbocycles. The van der Waals surface area contributed by atoms with Gasteiger partial charge < -0.3 is 5.11 Å². The van der Waals surface area contributed by atoms with Gasteiger partial charge in [-0.25, -0.2) is 0 Å². The largest absolute Gasteiger partial charge is 0.393 e. The molecule has 0 saturated heterocycles. The molecule has 1 nitrogen and oxygen atoms in total. The van der Waals surface area contributed by atoms with Gasteiger partial charge in [0.15, 0.2) is 0 Å². The number of rotatable bonds is 1. The molecule has 1 N–H and O–H groups in total. The third-order valence-corrected chi connectivity index (χ3v) is 7.30. The number of aliphatic hydroxyl groups is 1. The van der Waals surface area contributed by atoms with E-state index in [0.29, 0.717) is 17.3 Å². The van der Waals surface area contributed by atoms with Crippen molar-refractivity contribution in [3.05, 3.63) is 0 Å². The van der Waals surface area contributed by atoms with Crippen molar-refractivity contribution >= 4 is 0 Å². The van der Waals surface area contributed by atoms with Crippen molar-refractivity contribution in [2.24, 2.45) is 40.9 Å². The number of hydrogen-bond acceptors (Lipinski definition) is 1. The molecule has 3 fully saturated rings. The Hall–Kier alpha value is -0.0400. The van der Waals surface area contributed by atoms with E-state index < -0.39 is 0 Å². The van der Waals surface area contributed by atoms with Gasteiger partial charge in [-0.15, -0.1) is 0 Å². The second-order valence-electron chi connectivity index (χ2n) is 8.17. The minimum atomic E-state index is -0.0154. The van der Waals surface area contributed by atoms with E-state index in [1.54, 1.807) is 0 Å². The first-order chi connectivity index (χ1) is 8.43. The normalized spacial score (nSPS) is 54.8. The molecule has 0 aromatic heterocycles. The van der Waals surface area contributed by atoms with Crippen LogP contribution in [0.2, 0.25) is 0 Å². The predicted octanol–water partition coefficient (Wildman–Crippen LogP) is 4.10. The van der Waals surface area contributed by atoms with E-state index in [0.717, 1.165) is 23.7 Å². The van der Waals surface area contributed by atoms with Crippen LogP contribution >= 0.6 is 0 Å². The summed E-state index contributed by atoms with van der Waals surface area (Å²) < 4.78 is 0. The van der Waals surface area contributed by atoms with Crippen LogP contribution in [-0.2, 0) is 0 Å². The van der Waals surface area contributed by atoms with E-state index in [2.05, 4.69) is 27.7 Å². The topological polar surface area (TPSA) is 20.2 Å². The molecule has 2 bridgehead atoms. The molecular weight excluding hydrogens is 220 g/mol. The molecule has 0 unspecified atom stereocenters. The summed E-state index contributed by atoms with van der Waals surface area (Å²) in [5, 5.41) is 10.5. The van der Waals surface area contributed by atoms with Gasteiger partial charge in [-0.1, -0.05) is 34.1 Å². The van der Waals surface area contributed by atoms with Crippen molar-refractivity contribution in [2.45, 2.75) is 65.9 Å². The first-order valence-corrected chi connectivity index (χ1v) is 8.11. The van der Waals surface area contributed by atoms with E-state index in [1.165, 1.54) is 32.1 Å². The van der Waals surface area contributed by atoms with Gasteiger partial charge in [0.2, 0.25) is 0 Å². The Kier molecular flexibility index (Phi) is 3.05. The highest BCUT2D eigenvalue weighted by Crippen LogP contribution is 2.64. The Morgan fingerprint density at radius 2 is 1.61 bits per heavy atom. The summed E-state index contributed by atoms with van der Waals surface area (Å²) in [6, 6.07) is 0. The molecule has 3 rings (SSSR count). The van der Waals surface area contributed by atoms with Gasteiger partial charge in [-0.3, -0.25) is 0 Å². The first-order valence-electron chi connectivity index (χ1n) is 8.11. The fourth-order valence-electron chi connectivity index (χ4n) is 5.61. The summed E-state index contributed by atoms with van der Waals surface area (Å²) in [4.78, 5) is 0. The highest BCUT2D eigenvalue weighted by molar-refractivity contribution is 5.06. The van der Waals surface area contributed by atoms with Crippen LogP contribution in [0.15, 0.2) is 0 Å². The second-order valence-corrected chi connectivity index (χ2v) is 8.17. The fourth-order valence-corrected chi connectivity index (χ4v) is 5.61. The van der Waals surface area contributed by atoms with Gasteiger partial charge in [0.05, 0.1) is 6.10 Å². The van der Waals surface area contributed by atoms with Gasteiger partial charge >= 0.3 is 0 Å². The lowest BCUT2D eigenvalue weighted by Crippen LogP contribution is -2.42. The molecule has 104 valence electrons. The lowest BCUT2D eigenvalue weighted by Gasteiger charge is -2.46. The van der Waals surface area contributed by atoms with Crippen LogP contribution in [0.1, 0.15) is 59.8 Å². The first kappa shape index (κ1) is 13.0. The molecule has 0 aromatic rings. The lowest BCUT2D eigenvalue weighted by molar-refractivity contribution is -0.0365. The molecule has 3 aliphatic carbocycles. The summed E-state index contributed by atoms with van der Waals surface area (Å²) in [5.74, 6) is 4.65. The number of aliphatic hydroxyl groups excluding tert-OH is 1. The fraction of sp³-hybridized carbons (Fsp3) is 1.00. The van der Waals surface area contributed by atoms with Crippen molar-refractivity contribution in [3.8, 4) is 0 Å². The van der Waals surface area contributed by atoms with Gasteiger partial charge in [-0.2, -0.15) is 0 Å². The van der Waals surface area contributed by atoms with E-state index in [4.69, 9.17) is 0 Å². The van der Waals surface area contributed by atoms with E-state index in [9.17, 15) is 5.11 Å². The van der Waals surface area contributed by atoms with Crippen LogP contribution in [0.4, 0.5) is 0 Å². The molecule has 0 radical (unpaired) electrons. The summed E-state index contributed by atoms with van der Waals surface area (Å²) >= 11 is 0. The minimum Gasteiger partial charge on any atom is -0.393 e. The Morgan fingerprint density at radius 3 is 2.22 bits per heavy atom. The van der Waals surface area contributed by atoms with Crippen molar-refractivity contribution in [3.63, 3.8) is 0 Å². The molecule has 3 aliphatic rings. The highest BCUT2D eigenvalue weighted by atomic mass is 16.3. The Labute approximate surface area is 112 Å². The summed E-state index contributed by atoms with van der Waals surface area (Å²) in [6.45, 7) is 9.66. The zero-order valence-corrected chi connectivity index (χ0v) is 12.5. The quantitative estimate of drug-likeness (QED) is 0.743. The standard InChI is InChI=1S/C17H30O/c1-10-6-5-7-13(16(10)18)15-9-12-8-14(15)11(2)17(12,3)4/h10-16,18H,5-9H2,1-4H3/t10-,11-,12+,13+,14-,15-,16+/m0/s1. The lowest BCUT2D eigenvalue weighted by atomic mass is 9.60. The highest BCUT2D eigenvalue weighted by Gasteiger charge is 2.57. The Balaban J connectivity index is 1.76. The van der Waals surface area contributed by atoms with Crippen molar-refractivity contribution in [1.29, 1.82) is 0 Å². The number of fused-ring (bicyclic) bond motifs is 2. The predicted molar refractivity (Wildman–Crippen MR) is 75.2 cm³/mol. The minimum absolute atomic E-state index is 0.0154. The average Bonchev–Trinajstić information content (AvgIpc) is 2.83. The van der Waals surface area contributed by atoms with E-state index >= 15 is 0 Å². The maximum absolute atomic E-state index is 10.5. The van der Waals surface area contributed by atoms with Gasteiger partial charge in [-0.05, 0) is 66.6 Å². The van der Waals surface area contributed by atoms with Gasteiger partial charge in [0, 0.05) is 0 Å². The molecule has 3 saturated carbocycles. The third-order valence-electron chi connectivity index (χ3n) is 7.30. The summed E-state index contributed by atoms with van der Waals surface area (Å²) in [7, 11) is 0. The zero-order chi connectivity index (χ0) is 13.1. The molecule has 0 spiro atoms. The number of hydrogen-bond donors (Lipinski definition) is 1. The molecule has 0 heterocycles. The molecule has 0 aliphatic heterocycles. The van der Waals surface area contributed by atoms with Crippen LogP contribution in [0.5, 0.6) is 0 Å². The molecule has 0 amide bonds. The van der Waals surface area contributed by atoms with Crippen LogP contribution in [0.25, 0.3) is 0 Å². The monoisotopic (exact) mass is 250 g/mol. The van der Waals surface area contributed by atoms with Crippen molar-refractivity contribution in [2.75, 3.05) is 0 Å². The molecule has 18 heavy (non-hydrogen) atoms. The maximum Gasteiger partial charge on any atom is 0.0596 e. The van der Waals surface area contributed by atoms with Crippen LogP contribution in [0, 0.1) is 40.9 Å². The van der Waals surface area contributed by atoms with Crippen LogP contribution < -0.4 is 0 Å². The van der Waals surface area contributed by atoms with Crippen molar-refractivity contribution < 1.29 is 5.11 Å². The van der Waals surface area contributed by atoms with Gasteiger partial charge in [0.25, 0.3) is 0 Å². The van der Waals surface area contributed by atoms with Gasteiger partial charge in [0.1, 0.15) is 0 Å². The summed E-state index contributed by atoms with van der Waals surface area (Å²) in [5.41, 5.74) is 0.548. The summed E-state index contributed by atoms with van der Waals surface area (Å²) in [6.07, 6.45) is 6.69. The van der Waals surface area contributed by atoms with Crippen LogP contribution in [-0.4, -0.2) is 11.2 Å².